The van der Waals surface area contributed by atoms with Gasteiger partial charge in [0.05, 0.1) is 44.3 Å². The van der Waals surface area contributed by atoms with E-state index in [4.69, 9.17) is 21.4 Å². The highest BCUT2D eigenvalue weighted by atomic mass is 35.5. The molecule has 0 aliphatic rings. The van der Waals surface area contributed by atoms with Crippen molar-refractivity contribution < 1.29 is 14.4 Å². The molecule has 18 heavy (non-hydrogen) atoms. The first kappa shape index (κ1) is 13.3. The number of hydrogen-bond acceptors (Lipinski definition) is 2. The number of aliphatic hydroxyl groups is 1. The Morgan fingerprint density at radius 2 is 2.17 bits per heavy atom. The van der Waals surface area contributed by atoms with Gasteiger partial charge in [-0.1, -0.05) is 11.6 Å². The Kier molecular flexibility index (Phi) is 4.22. The fraction of sp³-hybridized carbons (Fsp3) is 0.462. The molecule has 0 amide bonds. The quantitative estimate of drug-likeness (QED) is 0.655. The molecule has 0 spiro atoms. The van der Waals surface area contributed by atoms with E-state index < -0.39 is 0 Å². The van der Waals surface area contributed by atoms with E-state index in [1.165, 1.54) is 5.69 Å². The average molecular weight is 270 g/mol. The van der Waals surface area contributed by atoms with Crippen LogP contribution in [0.3, 0.4) is 0 Å². The van der Waals surface area contributed by atoms with Crippen LogP contribution >= 0.6 is 11.6 Å². The Labute approximate surface area is 111 Å². The molecular weight excluding hydrogens is 252 g/mol. The highest BCUT2D eigenvalue weighted by Gasteiger charge is 2.16. The molecule has 5 heteroatoms. The van der Waals surface area contributed by atoms with E-state index in [1.807, 2.05) is 30.9 Å². The third-order valence-corrected chi connectivity index (χ3v) is 3.22. The molecule has 2 aromatic rings. The predicted molar refractivity (Wildman–Crippen MR) is 70.7 cm³/mol. The summed E-state index contributed by atoms with van der Waals surface area (Å²) in [6, 6.07) is 4.10. The van der Waals surface area contributed by atoms with Crippen LogP contribution in [0.4, 0.5) is 0 Å². The lowest BCUT2D eigenvalue weighted by molar-refractivity contribution is -0.647. The van der Waals surface area contributed by atoms with E-state index in [1.54, 1.807) is 0 Å². The minimum Gasteiger partial charge on any atom is -0.394 e. The van der Waals surface area contributed by atoms with Crippen molar-refractivity contribution in [1.29, 1.82) is 0 Å². The van der Waals surface area contributed by atoms with Crippen LogP contribution in [0.5, 0.6) is 0 Å². The highest BCUT2D eigenvalue weighted by molar-refractivity contribution is 6.30. The fourth-order valence-corrected chi connectivity index (χ4v) is 2.50. The normalized spacial score (nSPS) is 11.3. The summed E-state index contributed by atoms with van der Waals surface area (Å²) in [6.07, 6.45) is 2.72. The molecule has 1 N–H and O–H groups in total. The molecule has 0 fully saturated rings. The number of hydrogen-bond donors (Lipinski definition) is 1. The first-order valence-corrected chi connectivity index (χ1v) is 6.33. The van der Waals surface area contributed by atoms with Crippen LogP contribution in [0.2, 0.25) is 5.02 Å². The molecule has 0 atom stereocenters. The van der Waals surface area contributed by atoms with Crippen molar-refractivity contribution in [3.63, 3.8) is 0 Å². The average Bonchev–Trinajstić information content (AvgIpc) is 2.61. The zero-order valence-electron chi connectivity index (χ0n) is 10.7. The van der Waals surface area contributed by atoms with E-state index in [9.17, 15) is 0 Å². The van der Waals surface area contributed by atoms with Gasteiger partial charge in [-0.3, -0.25) is 0 Å². The second kappa shape index (κ2) is 5.69. The number of aliphatic hydroxyl groups excluding tert-OH is 1. The van der Waals surface area contributed by atoms with Gasteiger partial charge in [-0.2, -0.15) is 0 Å². The summed E-state index contributed by atoms with van der Waals surface area (Å²) in [5, 5.41) is 10.5. The molecule has 0 saturated carbocycles. The van der Waals surface area contributed by atoms with Gasteiger partial charge in [0.2, 0.25) is 0 Å². The molecule has 2 aromatic heterocycles. The number of nitrogens with zero attached hydrogens (tertiary/aromatic N) is 2. The monoisotopic (exact) mass is 269 g/mol. The standard InChI is InChI=1S/C13H18ClN2O2/c1-15-9-11(14)7-10-8-12(16(2)13(10)15)3-5-18-6-4-17/h7-9,17H,3-6H2,1-2H3/q+1. The smallest absolute Gasteiger partial charge is 0.288 e. The Bertz CT molecular complexity index is 551. The first-order chi connectivity index (χ1) is 8.63. The van der Waals surface area contributed by atoms with Crippen LogP contribution in [-0.4, -0.2) is 29.5 Å². The zero-order chi connectivity index (χ0) is 13.1. The number of rotatable bonds is 5. The maximum Gasteiger partial charge on any atom is 0.288 e. The van der Waals surface area contributed by atoms with Gasteiger partial charge in [-0.25, -0.2) is 9.13 Å². The molecule has 2 heterocycles. The van der Waals surface area contributed by atoms with Crippen molar-refractivity contribution in [1.82, 2.24) is 4.57 Å². The maximum atomic E-state index is 8.65. The number of halogens is 1. The summed E-state index contributed by atoms with van der Waals surface area (Å²) in [5.41, 5.74) is 2.33. The SMILES string of the molecule is Cn1c(CCOCCO)cc2cc(Cl)c[n+](C)c21. The van der Waals surface area contributed by atoms with Gasteiger partial charge < -0.3 is 9.84 Å². The zero-order valence-corrected chi connectivity index (χ0v) is 11.4. The van der Waals surface area contributed by atoms with E-state index in [0.29, 0.717) is 13.2 Å². The molecule has 2 rings (SSSR count). The summed E-state index contributed by atoms with van der Waals surface area (Å²) < 4.78 is 9.47. The molecule has 0 radical (unpaired) electrons. The molecular formula is C13H18ClN2O2+. The van der Waals surface area contributed by atoms with Gasteiger partial charge in [0, 0.05) is 6.42 Å². The number of pyridine rings is 1. The second-order valence-corrected chi connectivity index (χ2v) is 4.77. The van der Waals surface area contributed by atoms with Crippen molar-refractivity contribution >= 4 is 22.6 Å². The Morgan fingerprint density at radius 3 is 2.89 bits per heavy atom. The number of ether oxygens (including phenoxy) is 1. The minimum atomic E-state index is 0.0691. The van der Waals surface area contributed by atoms with Gasteiger partial charge in [-0.15, -0.1) is 0 Å². The van der Waals surface area contributed by atoms with Crippen LogP contribution in [0.25, 0.3) is 11.0 Å². The van der Waals surface area contributed by atoms with Crippen LogP contribution in [-0.2, 0) is 25.3 Å². The van der Waals surface area contributed by atoms with Crippen molar-refractivity contribution in [3.05, 3.63) is 29.0 Å². The molecule has 0 aliphatic heterocycles. The van der Waals surface area contributed by atoms with Crippen molar-refractivity contribution in [2.75, 3.05) is 19.8 Å². The third kappa shape index (κ3) is 2.66. The van der Waals surface area contributed by atoms with Gasteiger partial charge in [-0.05, 0) is 12.1 Å². The third-order valence-electron chi connectivity index (χ3n) is 3.01. The summed E-state index contributed by atoms with van der Waals surface area (Å²) in [7, 11) is 4.03. The van der Waals surface area contributed by atoms with E-state index in [2.05, 4.69) is 10.6 Å². The summed E-state index contributed by atoms with van der Waals surface area (Å²) in [4.78, 5) is 0. The molecule has 0 aliphatic carbocycles. The Morgan fingerprint density at radius 1 is 1.39 bits per heavy atom. The van der Waals surface area contributed by atoms with Gasteiger partial charge in [0.25, 0.3) is 5.65 Å². The van der Waals surface area contributed by atoms with E-state index >= 15 is 0 Å². The topological polar surface area (TPSA) is 38.3 Å². The minimum absolute atomic E-state index is 0.0691. The summed E-state index contributed by atoms with van der Waals surface area (Å²) >= 11 is 6.05. The highest BCUT2D eigenvalue weighted by Crippen LogP contribution is 2.19. The van der Waals surface area contributed by atoms with E-state index in [-0.39, 0.29) is 6.61 Å². The number of fused-ring (bicyclic) bond motifs is 1. The lowest BCUT2D eigenvalue weighted by Crippen LogP contribution is -2.30. The fourth-order valence-electron chi connectivity index (χ4n) is 2.23. The maximum absolute atomic E-state index is 8.65. The van der Waals surface area contributed by atoms with Gasteiger partial charge in [0.1, 0.15) is 11.9 Å². The molecule has 0 unspecified atom stereocenters. The number of aromatic nitrogens is 2. The Balaban J connectivity index is 2.24. The summed E-state index contributed by atoms with van der Waals surface area (Å²) in [6.45, 7) is 1.07. The molecule has 0 saturated heterocycles. The molecule has 0 aromatic carbocycles. The molecule has 0 bridgehead atoms. The van der Waals surface area contributed by atoms with Gasteiger partial charge >= 0.3 is 0 Å². The molecule has 98 valence electrons. The van der Waals surface area contributed by atoms with Crippen molar-refractivity contribution in [3.8, 4) is 0 Å². The predicted octanol–water partition coefficient (Wildman–Crippen LogP) is 1.21. The van der Waals surface area contributed by atoms with Crippen molar-refractivity contribution in [2.45, 2.75) is 6.42 Å². The van der Waals surface area contributed by atoms with E-state index in [0.717, 1.165) is 22.5 Å². The summed E-state index contributed by atoms with van der Waals surface area (Å²) in [5.74, 6) is 0. The van der Waals surface area contributed by atoms with Crippen molar-refractivity contribution in [2.24, 2.45) is 14.1 Å². The Hall–Kier alpha value is -1.10. The lowest BCUT2D eigenvalue weighted by atomic mass is 10.3. The van der Waals surface area contributed by atoms with Crippen LogP contribution in [0, 0.1) is 0 Å². The van der Waals surface area contributed by atoms with Gasteiger partial charge in [0.15, 0.2) is 0 Å². The van der Waals surface area contributed by atoms with Crippen LogP contribution < -0.4 is 4.57 Å². The first-order valence-electron chi connectivity index (χ1n) is 5.95. The lowest BCUT2D eigenvalue weighted by Gasteiger charge is -2.01. The second-order valence-electron chi connectivity index (χ2n) is 4.33. The van der Waals surface area contributed by atoms with Crippen LogP contribution in [0.1, 0.15) is 5.69 Å². The van der Waals surface area contributed by atoms with Crippen LogP contribution in [0.15, 0.2) is 18.3 Å². The molecule has 4 nitrogen and oxygen atoms in total. The largest absolute Gasteiger partial charge is 0.394 e. The number of aryl methyl sites for hydroxylation is 2.